The van der Waals surface area contributed by atoms with Crippen LogP contribution in [-0.2, 0) is 0 Å². The average Bonchev–Trinajstić information content (AvgIpc) is 2.52. The maximum atomic E-state index is 12.0. The number of ketones is 1. The Morgan fingerprint density at radius 1 is 1.14 bits per heavy atom. The number of rotatable bonds is 6. The molecule has 0 aliphatic rings. The second kappa shape index (κ2) is 6.92. The van der Waals surface area contributed by atoms with Gasteiger partial charge < -0.3 is 19.5 Å². The van der Waals surface area contributed by atoms with Crippen molar-refractivity contribution in [2.24, 2.45) is 0 Å². The molecule has 0 aliphatic heterocycles. The lowest BCUT2D eigenvalue weighted by Crippen LogP contribution is -2.32. The van der Waals surface area contributed by atoms with Gasteiger partial charge in [-0.15, -0.1) is 0 Å². The molecule has 0 fully saturated rings. The van der Waals surface area contributed by atoms with Crippen molar-refractivity contribution in [3.63, 3.8) is 0 Å². The van der Waals surface area contributed by atoms with Gasteiger partial charge in [-0.1, -0.05) is 36.4 Å². The number of hydrogen-bond acceptors (Lipinski definition) is 5. The van der Waals surface area contributed by atoms with E-state index in [1.54, 1.807) is 30.3 Å². The van der Waals surface area contributed by atoms with Gasteiger partial charge in [-0.2, -0.15) is 0 Å². The predicted molar refractivity (Wildman–Crippen MR) is 79.1 cm³/mol. The quantitative estimate of drug-likeness (QED) is 0.602. The fourth-order valence-electron chi connectivity index (χ4n) is 1.83. The first kappa shape index (κ1) is 15.1. The van der Waals surface area contributed by atoms with Crippen LogP contribution in [0.3, 0.4) is 0 Å². The Hall–Kier alpha value is -2.31. The van der Waals surface area contributed by atoms with Crippen LogP contribution in [0.25, 0.3) is 0 Å². The Morgan fingerprint density at radius 3 is 2.48 bits per heavy atom. The molecule has 21 heavy (non-hydrogen) atoms. The third-order valence-corrected chi connectivity index (χ3v) is 2.95. The molecule has 0 atom stereocenters. The summed E-state index contributed by atoms with van der Waals surface area (Å²) >= 11 is 0. The van der Waals surface area contributed by atoms with E-state index in [1.165, 1.54) is 19.2 Å². The molecule has 0 radical (unpaired) electrons. The van der Waals surface area contributed by atoms with Crippen LogP contribution in [-0.4, -0.2) is 36.7 Å². The summed E-state index contributed by atoms with van der Waals surface area (Å²) in [6.45, 7) is -0.198. The summed E-state index contributed by atoms with van der Waals surface area (Å²) in [7, 11) is -0.193. The van der Waals surface area contributed by atoms with Gasteiger partial charge >= 0.3 is 7.12 Å². The molecule has 0 unspecified atom stereocenters. The number of methoxy groups -OCH3 is 1. The van der Waals surface area contributed by atoms with Crippen molar-refractivity contribution in [1.29, 1.82) is 0 Å². The van der Waals surface area contributed by atoms with E-state index in [1.807, 2.05) is 6.07 Å². The lowest BCUT2D eigenvalue weighted by Gasteiger charge is -2.12. The molecule has 0 aromatic heterocycles. The minimum Gasteiger partial charge on any atom is -0.497 e. The fraction of sp³-hybridized carbons (Fsp3) is 0.133. The van der Waals surface area contributed by atoms with Crippen LogP contribution in [0.4, 0.5) is 0 Å². The summed E-state index contributed by atoms with van der Waals surface area (Å²) < 4.78 is 10.5. The van der Waals surface area contributed by atoms with Crippen LogP contribution in [0.5, 0.6) is 11.5 Å². The lowest BCUT2D eigenvalue weighted by molar-refractivity contribution is 0.0921. The molecule has 6 heteroatoms. The van der Waals surface area contributed by atoms with Crippen molar-refractivity contribution in [2.75, 3.05) is 13.7 Å². The highest BCUT2D eigenvalue weighted by Gasteiger charge is 2.19. The molecule has 0 aliphatic carbocycles. The molecule has 0 saturated carbocycles. The molecule has 5 nitrogen and oxygen atoms in total. The van der Waals surface area contributed by atoms with Gasteiger partial charge in [-0.3, -0.25) is 4.79 Å². The summed E-state index contributed by atoms with van der Waals surface area (Å²) in [6, 6.07) is 13.3. The maximum Gasteiger partial charge on any atom is 0.492 e. The zero-order valence-electron chi connectivity index (χ0n) is 11.5. The van der Waals surface area contributed by atoms with Gasteiger partial charge in [0.2, 0.25) is 0 Å². The zero-order chi connectivity index (χ0) is 15.2. The van der Waals surface area contributed by atoms with Crippen LogP contribution in [0.1, 0.15) is 10.4 Å². The number of carbonyl (C=O) groups excluding carboxylic acids is 1. The summed E-state index contributed by atoms with van der Waals surface area (Å²) in [5.41, 5.74) is 0.711. The zero-order valence-corrected chi connectivity index (χ0v) is 11.5. The molecule has 0 amide bonds. The topological polar surface area (TPSA) is 76.0 Å². The van der Waals surface area contributed by atoms with Crippen molar-refractivity contribution in [1.82, 2.24) is 0 Å². The fourth-order valence-corrected chi connectivity index (χ4v) is 1.83. The van der Waals surface area contributed by atoms with Crippen LogP contribution < -0.4 is 14.9 Å². The molecule has 2 aromatic carbocycles. The van der Waals surface area contributed by atoms with Crippen molar-refractivity contribution in [3.8, 4) is 11.5 Å². The van der Waals surface area contributed by atoms with Crippen LogP contribution in [0, 0.1) is 0 Å². The van der Waals surface area contributed by atoms with Gasteiger partial charge in [0.15, 0.2) is 12.4 Å². The number of hydrogen-bond donors (Lipinski definition) is 2. The van der Waals surface area contributed by atoms with E-state index in [0.717, 1.165) is 0 Å². The minimum atomic E-state index is -1.68. The lowest BCUT2D eigenvalue weighted by atomic mass is 9.79. The summed E-state index contributed by atoms with van der Waals surface area (Å²) in [4.78, 5) is 12.0. The summed E-state index contributed by atoms with van der Waals surface area (Å²) in [6.07, 6.45) is 0. The normalized spacial score (nSPS) is 10.0. The van der Waals surface area contributed by atoms with Gasteiger partial charge in [0.1, 0.15) is 11.5 Å². The van der Waals surface area contributed by atoms with E-state index in [2.05, 4.69) is 0 Å². The van der Waals surface area contributed by atoms with E-state index in [0.29, 0.717) is 11.3 Å². The Labute approximate surface area is 122 Å². The van der Waals surface area contributed by atoms with E-state index < -0.39 is 7.12 Å². The maximum absolute atomic E-state index is 12.0. The van der Waals surface area contributed by atoms with Gasteiger partial charge in [-0.05, 0) is 6.07 Å². The molecule has 0 saturated heterocycles. The Morgan fingerprint density at radius 2 is 1.86 bits per heavy atom. The molecule has 0 bridgehead atoms. The molecule has 0 heterocycles. The van der Waals surface area contributed by atoms with E-state index in [9.17, 15) is 14.8 Å². The van der Waals surface area contributed by atoms with E-state index >= 15 is 0 Å². The highest BCUT2D eigenvalue weighted by atomic mass is 16.5. The van der Waals surface area contributed by atoms with Crippen LogP contribution in [0.15, 0.2) is 48.5 Å². The SMILES string of the molecule is COc1ccc(B(O)O)c(OCC(=O)c2ccccc2)c1. The molecular formula is C15H15BO5. The first-order valence-electron chi connectivity index (χ1n) is 6.37. The first-order chi connectivity index (χ1) is 10.1. The molecular weight excluding hydrogens is 271 g/mol. The number of ether oxygens (including phenoxy) is 2. The first-order valence-corrected chi connectivity index (χ1v) is 6.37. The highest BCUT2D eigenvalue weighted by Crippen LogP contribution is 2.18. The third-order valence-electron chi connectivity index (χ3n) is 2.95. The number of Topliss-reactive ketones (excluding diaryl/α,β-unsaturated/α-hetero) is 1. The summed E-state index contributed by atoms with van der Waals surface area (Å²) in [5, 5.41) is 18.6. The molecule has 0 spiro atoms. The van der Waals surface area contributed by atoms with Crippen LogP contribution >= 0.6 is 0 Å². The van der Waals surface area contributed by atoms with Gasteiger partial charge in [-0.25, -0.2) is 0 Å². The van der Waals surface area contributed by atoms with Gasteiger partial charge in [0.05, 0.1) is 7.11 Å². The van der Waals surface area contributed by atoms with E-state index in [4.69, 9.17) is 9.47 Å². The minimum absolute atomic E-state index is 0.177. The average molecular weight is 286 g/mol. The Kier molecular flexibility index (Phi) is 4.97. The van der Waals surface area contributed by atoms with Crippen molar-refractivity contribution >= 4 is 18.4 Å². The van der Waals surface area contributed by atoms with Crippen LogP contribution in [0.2, 0.25) is 0 Å². The van der Waals surface area contributed by atoms with Crippen molar-refractivity contribution in [3.05, 3.63) is 54.1 Å². The number of carbonyl (C=O) groups is 1. The largest absolute Gasteiger partial charge is 0.497 e. The second-order valence-electron chi connectivity index (χ2n) is 4.36. The van der Waals surface area contributed by atoms with Crippen molar-refractivity contribution in [2.45, 2.75) is 0 Å². The summed E-state index contributed by atoms with van der Waals surface area (Å²) in [5.74, 6) is 0.506. The Balaban J connectivity index is 2.13. The molecule has 2 aromatic rings. The second-order valence-corrected chi connectivity index (χ2v) is 4.36. The van der Waals surface area contributed by atoms with Crippen molar-refractivity contribution < 1.29 is 24.3 Å². The smallest absolute Gasteiger partial charge is 0.492 e. The monoisotopic (exact) mass is 286 g/mol. The standard InChI is InChI=1S/C15H15BO5/c1-20-12-7-8-13(16(18)19)15(9-12)21-10-14(17)11-5-3-2-4-6-11/h2-9,18-19H,10H2,1H3. The predicted octanol–water partition coefficient (Wildman–Crippen LogP) is 0.637. The van der Waals surface area contributed by atoms with Gasteiger partial charge in [0, 0.05) is 17.1 Å². The van der Waals surface area contributed by atoms with Gasteiger partial charge in [0.25, 0.3) is 0 Å². The van der Waals surface area contributed by atoms with E-state index in [-0.39, 0.29) is 23.6 Å². The third kappa shape index (κ3) is 3.84. The highest BCUT2D eigenvalue weighted by molar-refractivity contribution is 6.59. The molecule has 108 valence electrons. The molecule has 2 N–H and O–H groups in total. The molecule has 2 rings (SSSR count). The Bertz CT molecular complexity index is 613. The number of benzene rings is 2.